The van der Waals surface area contributed by atoms with E-state index in [0.29, 0.717) is 10.7 Å². The van der Waals surface area contributed by atoms with Gasteiger partial charge in [0.25, 0.3) is 5.56 Å². The van der Waals surface area contributed by atoms with E-state index in [1.54, 1.807) is 4.90 Å². The average molecular weight is 317 g/mol. The van der Waals surface area contributed by atoms with E-state index in [2.05, 4.69) is 5.10 Å². The van der Waals surface area contributed by atoms with E-state index in [1.165, 1.54) is 0 Å². The Morgan fingerprint density at radius 2 is 1.86 bits per heavy atom. The summed E-state index contributed by atoms with van der Waals surface area (Å²) in [6.07, 6.45) is -1.94. The SMILES string of the molecule is CC1CCCC(C)N1C(=O)Cn1nc(C(F)(F)F)ccc1=O. The summed E-state index contributed by atoms with van der Waals surface area (Å²) < 4.78 is 38.5. The van der Waals surface area contributed by atoms with Crippen LogP contribution in [0.3, 0.4) is 0 Å². The number of carbonyl (C=O) groups excluding carboxylic acids is 1. The third kappa shape index (κ3) is 3.48. The second-order valence-electron chi connectivity index (χ2n) is 5.64. The predicted molar refractivity (Wildman–Crippen MR) is 73.1 cm³/mol. The van der Waals surface area contributed by atoms with Crippen LogP contribution in [0.25, 0.3) is 0 Å². The molecule has 0 bridgehead atoms. The Morgan fingerprint density at radius 3 is 2.41 bits per heavy atom. The van der Waals surface area contributed by atoms with Crippen LogP contribution in [0.1, 0.15) is 38.8 Å². The second kappa shape index (κ2) is 6.10. The zero-order chi connectivity index (χ0) is 16.5. The molecule has 1 aliphatic rings. The molecule has 2 unspecified atom stereocenters. The van der Waals surface area contributed by atoms with Gasteiger partial charge in [0.1, 0.15) is 6.54 Å². The third-order valence-corrected chi connectivity index (χ3v) is 3.92. The van der Waals surface area contributed by atoms with Crippen LogP contribution in [-0.4, -0.2) is 32.7 Å². The van der Waals surface area contributed by atoms with Crippen LogP contribution in [0.2, 0.25) is 0 Å². The van der Waals surface area contributed by atoms with Gasteiger partial charge in [0.05, 0.1) is 0 Å². The lowest BCUT2D eigenvalue weighted by Gasteiger charge is -2.39. The van der Waals surface area contributed by atoms with Crippen LogP contribution in [-0.2, 0) is 17.5 Å². The van der Waals surface area contributed by atoms with E-state index in [4.69, 9.17) is 0 Å². The fraction of sp³-hybridized carbons (Fsp3) is 0.643. The summed E-state index contributed by atoms with van der Waals surface area (Å²) in [6, 6.07) is 1.43. The fourth-order valence-corrected chi connectivity index (χ4v) is 2.84. The van der Waals surface area contributed by atoms with Crippen molar-refractivity contribution in [3.05, 3.63) is 28.2 Å². The smallest absolute Gasteiger partial charge is 0.336 e. The number of rotatable bonds is 2. The summed E-state index contributed by atoms with van der Waals surface area (Å²) in [5.74, 6) is -0.381. The maximum absolute atomic E-state index is 12.6. The summed E-state index contributed by atoms with van der Waals surface area (Å²) >= 11 is 0. The Bertz CT molecular complexity index is 602. The summed E-state index contributed by atoms with van der Waals surface area (Å²) in [4.78, 5) is 25.6. The van der Waals surface area contributed by atoms with Crippen LogP contribution in [0.4, 0.5) is 13.2 Å². The van der Waals surface area contributed by atoms with Gasteiger partial charge < -0.3 is 4.90 Å². The van der Waals surface area contributed by atoms with Crippen molar-refractivity contribution in [3.63, 3.8) is 0 Å². The first-order chi connectivity index (χ1) is 10.2. The van der Waals surface area contributed by atoms with Gasteiger partial charge in [-0.2, -0.15) is 18.3 Å². The van der Waals surface area contributed by atoms with Gasteiger partial charge in [-0.1, -0.05) is 0 Å². The first-order valence-corrected chi connectivity index (χ1v) is 7.16. The Labute approximate surface area is 125 Å². The number of alkyl halides is 3. The maximum Gasteiger partial charge on any atom is 0.435 e. The molecule has 0 saturated carbocycles. The van der Waals surface area contributed by atoms with Crippen LogP contribution < -0.4 is 5.56 Å². The number of nitrogens with zero attached hydrogens (tertiary/aromatic N) is 3. The minimum Gasteiger partial charge on any atom is -0.336 e. The van der Waals surface area contributed by atoms with Crippen molar-refractivity contribution in [2.24, 2.45) is 0 Å². The minimum absolute atomic E-state index is 0.0118. The van der Waals surface area contributed by atoms with E-state index < -0.39 is 24.0 Å². The molecule has 1 fully saturated rings. The summed E-state index contributed by atoms with van der Waals surface area (Å²) in [7, 11) is 0. The van der Waals surface area contributed by atoms with Crippen LogP contribution >= 0.6 is 0 Å². The van der Waals surface area contributed by atoms with Crippen molar-refractivity contribution in [1.82, 2.24) is 14.7 Å². The molecule has 2 heterocycles. The lowest BCUT2D eigenvalue weighted by atomic mass is 9.97. The van der Waals surface area contributed by atoms with Crippen molar-refractivity contribution in [2.75, 3.05) is 0 Å². The van der Waals surface area contributed by atoms with Crippen LogP contribution in [0, 0.1) is 0 Å². The predicted octanol–water partition coefficient (Wildman–Crippen LogP) is 2.05. The molecular weight excluding hydrogens is 299 g/mol. The lowest BCUT2D eigenvalue weighted by molar-refractivity contribution is -0.144. The minimum atomic E-state index is -4.65. The molecule has 2 rings (SSSR count). The molecule has 0 aromatic carbocycles. The number of carbonyl (C=O) groups is 1. The number of piperidine rings is 1. The number of hydrogen-bond acceptors (Lipinski definition) is 3. The average Bonchev–Trinajstić information content (AvgIpc) is 2.39. The number of hydrogen-bond donors (Lipinski definition) is 0. The van der Waals surface area contributed by atoms with Crippen LogP contribution in [0.15, 0.2) is 16.9 Å². The quantitative estimate of drug-likeness (QED) is 0.839. The van der Waals surface area contributed by atoms with Crippen molar-refractivity contribution >= 4 is 5.91 Å². The summed E-state index contributed by atoms with van der Waals surface area (Å²) in [5, 5.41) is 3.26. The fourth-order valence-electron chi connectivity index (χ4n) is 2.84. The van der Waals surface area contributed by atoms with E-state index in [0.717, 1.165) is 25.3 Å². The molecule has 1 aliphatic heterocycles. The second-order valence-corrected chi connectivity index (χ2v) is 5.64. The molecule has 2 atom stereocenters. The third-order valence-electron chi connectivity index (χ3n) is 3.92. The van der Waals surface area contributed by atoms with E-state index in [9.17, 15) is 22.8 Å². The van der Waals surface area contributed by atoms with E-state index >= 15 is 0 Å². The van der Waals surface area contributed by atoms with E-state index in [1.807, 2.05) is 13.8 Å². The van der Waals surface area contributed by atoms with Crippen molar-refractivity contribution in [2.45, 2.75) is 57.9 Å². The largest absolute Gasteiger partial charge is 0.435 e. The molecule has 0 N–H and O–H groups in total. The highest BCUT2D eigenvalue weighted by Gasteiger charge is 2.34. The molecule has 0 spiro atoms. The molecule has 5 nitrogen and oxygen atoms in total. The van der Waals surface area contributed by atoms with Gasteiger partial charge >= 0.3 is 6.18 Å². The number of aromatic nitrogens is 2. The highest BCUT2D eigenvalue weighted by Crippen LogP contribution is 2.26. The number of amides is 1. The summed E-state index contributed by atoms with van der Waals surface area (Å²) in [5.41, 5.74) is -1.90. The molecule has 8 heteroatoms. The molecule has 1 aromatic rings. The van der Waals surface area contributed by atoms with Gasteiger partial charge in [0, 0.05) is 18.2 Å². The van der Waals surface area contributed by atoms with Gasteiger partial charge in [-0.3, -0.25) is 9.59 Å². The zero-order valence-electron chi connectivity index (χ0n) is 12.4. The highest BCUT2D eigenvalue weighted by molar-refractivity contribution is 5.76. The molecule has 122 valence electrons. The first-order valence-electron chi connectivity index (χ1n) is 7.16. The highest BCUT2D eigenvalue weighted by atomic mass is 19.4. The lowest BCUT2D eigenvalue weighted by Crippen LogP contribution is -2.49. The van der Waals surface area contributed by atoms with Gasteiger partial charge in [0.15, 0.2) is 5.69 Å². The molecule has 1 aromatic heterocycles. The van der Waals surface area contributed by atoms with E-state index in [-0.39, 0.29) is 18.0 Å². The molecule has 0 radical (unpaired) electrons. The topological polar surface area (TPSA) is 55.2 Å². The van der Waals surface area contributed by atoms with Crippen molar-refractivity contribution in [3.8, 4) is 0 Å². The Balaban J connectivity index is 2.23. The standard InChI is InChI=1S/C14H18F3N3O2/c1-9-4-3-5-10(2)20(9)13(22)8-19-12(21)7-6-11(18-19)14(15,16)17/h6-7,9-10H,3-5,8H2,1-2H3. The van der Waals surface area contributed by atoms with Crippen molar-refractivity contribution < 1.29 is 18.0 Å². The molecule has 22 heavy (non-hydrogen) atoms. The number of halogens is 3. The monoisotopic (exact) mass is 317 g/mol. The molecule has 0 aliphatic carbocycles. The molecule has 1 amide bonds. The molecule has 1 saturated heterocycles. The van der Waals surface area contributed by atoms with Gasteiger partial charge in [-0.25, -0.2) is 4.68 Å². The normalized spacial score (nSPS) is 22.7. The Kier molecular flexibility index (Phi) is 4.58. The van der Waals surface area contributed by atoms with Crippen LogP contribution in [0.5, 0.6) is 0 Å². The Morgan fingerprint density at radius 1 is 1.27 bits per heavy atom. The molecular formula is C14H18F3N3O2. The Hall–Kier alpha value is -1.86. The van der Waals surface area contributed by atoms with Gasteiger partial charge in [-0.05, 0) is 39.2 Å². The maximum atomic E-state index is 12.6. The first kappa shape index (κ1) is 16.5. The summed E-state index contributed by atoms with van der Waals surface area (Å²) in [6.45, 7) is 3.32. The zero-order valence-corrected chi connectivity index (χ0v) is 12.4. The van der Waals surface area contributed by atoms with Crippen molar-refractivity contribution in [1.29, 1.82) is 0 Å². The van der Waals surface area contributed by atoms with Gasteiger partial charge in [-0.15, -0.1) is 0 Å². The van der Waals surface area contributed by atoms with Gasteiger partial charge in [0.2, 0.25) is 5.91 Å². The number of likely N-dealkylation sites (tertiary alicyclic amines) is 1.